The molecule has 0 aliphatic rings. The van der Waals surface area contributed by atoms with Crippen LogP contribution < -0.4 is 5.73 Å². The lowest BCUT2D eigenvalue weighted by Crippen LogP contribution is -2.07. The first-order valence-electron chi connectivity index (χ1n) is 4.98. The van der Waals surface area contributed by atoms with Gasteiger partial charge in [-0.25, -0.2) is 4.68 Å². The zero-order valence-corrected chi connectivity index (χ0v) is 10.5. The zero-order chi connectivity index (χ0) is 11.5. The van der Waals surface area contributed by atoms with E-state index >= 15 is 0 Å². The number of pyridine rings is 1. The quantitative estimate of drug-likeness (QED) is 0.928. The fraction of sp³-hybridized carbons (Fsp3) is 0.300. The average Bonchev–Trinajstić information content (AvgIpc) is 2.59. The molecule has 0 radical (unpaired) electrons. The van der Waals surface area contributed by atoms with Crippen molar-refractivity contribution in [2.75, 3.05) is 5.73 Å². The maximum absolute atomic E-state index is 5.72. The van der Waals surface area contributed by atoms with Gasteiger partial charge in [0.2, 0.25) is 0 Å². The van der Waals surface area contributed by atoms with Gasteiger partial charge in [0.25, 0.3) is 0 Å². The first-order chi connectivity index (χ1) is 7.70. The Kier molecular flexibility index (Phi) is 3.19. The van der Waals surface area contributed by atoms with E-state index in [1.54, 1.807) is 10.9 Å². The van der Waals surface area contributed by atoms with E-state index in [0.29, 0.717) is 12.4 Å². The number of nitrogens with two attached hydrogens (primary N) is 1. The fourth-order valence-electron chi connectivity index (χ4n) is 1.55. The summed E-state index contributed by atoms with van der Waals surface area (Å²) in [6.45, 7) is 2.67. The van der Waals surface area contributed by atoms with E-state index in [-0.39, 0.29) is 0 Å². The summed E-state index contributed by atoms with van der Waals surface area (Å²) >= 11 is 3.38. The van der Waals surface area contributed by atoms with Gasteiger partial charge in [0.05, 0.1) is 12.2 Å². The third-order valence-electron chi connectivity index (χ3n) is 2.30. The Hall–Kier alpha value is -1.43. The number of nitrogen functional groups attached to an aromatic ring is 1. The van der Waals surface area contributed by atoms with Gasteiger partial charge in [0.15, 0.2) is 5.82 Å². The molecule has 2 heterocycles. The van der Waals surface area contributed by atoms with Crippen LogP contribution >= 0.6 is 15.9 Å². The molecule has 0 amide bonds. The first kappa shape index (κ1) is 11.1. The van der Waals surface area contributed by atoms with E-state index in [2.05, 4.69) is 31.2 Å². The van der Waals surface area contributed by atoms with Crippen LogP contribution in [0.2, 0.25) is 0 Å². The van der Waals surface area contributed by atoms with Crippen LogP contribution in [-0.4, -0.2) is 20.0 Å². The Morgan fingerprint density at radius 1 is 1.44 bits per heavy atom. The van der Waals surface area contributed by atoms with E-state index in [0.717, 1.165) is 22.2 Å². The molecule has 6 heteroatoms. The lowest BCUT2D eigenvalue weighted by molar-refractivity contribution is 0.620. The molecule has 0 aliphatic carbocycles. The summed E-state index contributed by atoms with van der Waals surface area (Å²) in [5.41, 5.74) is 7.74. The van der Waals surface area contributed by atoms with Crippen molar-refractivity contribution in [3.8, 4) is 0 Å². The third kappa shape index (κ3) is 2.21. The van der Waals surface area contributed by atoms with Crippen molar-refractivity contribution in [1.82, 2.24) is 20.0 Å². The van der Waals surface area contributed by atoms with Gasteiger partial charge < -0.3 is 5.73 Å². The van der Waals surface area contributed by atoms with Gasteiger partial charge in [0.1, 0.15) is 0 Å². The highest BCUT2D eigenvalue weighted by molar-refractivity contribution is 9.10. The van der Waals surface area contributed by atoms with E-state index in [4.69, 9.17) is 5.73 Å². The minimum atomic E-state index is 0.505. The molecule has 2 aromatic heterocycles. The molecular weight excluding hydrogens is 270 g/mol. The highest BCUT2D eigenvalue weighted by Crippen LogP contribution is 2.13. The van der Waals surface area contributed by atoms with Gasteiger partial charge in [-0.2, -0.15) is 0 Å². The zero-order valence-electron chi connectivity index (χ0n) is 8.89. The van der Waals surface area contributed by atoms with Crippen LogP contribution in [0, 0.1) is 0 Å². The molecule has 5 nitrogen and oxygen atoms in total. The SMILES string of the molecule is CCc1c(N)nnn1Cc1cncc(Br)c1. The standard InChI is InChI=1S/C10H12BrN5/c1-2-9-10(12)14-15-16(9)6-7-3-8(11)5-13-4-7/h3-5H,2,6,12H2,1H3. The second-order valence-corrected chi connectivity index (χ2v) is 4.36. The van der Waals surface area contributed by atoms with Gasteiger partial charge in [-0.1, -0.05) is 12.1 Å². The van der Waals surface area contributed by atoms with Crippen LogP contribution in [0.5, 0.6) is 0 Å². The molecule has 0 aromatic carbocycles. The van der Waals surface area contributed by atoms with E-state index in [9.17, 15) is 0 Å². The monoisotopic (exact) mass is 281 g/mol. The van der Waals surface area contributed by atoms with Gasteiger partial charge in [-0.3, -0.25) is 4.98 Å². The topological polar surface area (TPSA) is 69.6 Å². The minimum absolute atomic E-state index is 0.505. The smallest absolute Gasteiger partial charge is 0.169 e. The Morgan fingerprint density at radius 2 is 2.25 bits per heavy atom. The van der Waals surface area contributed by atoms with E-state index in [1.807, 2.05) is 19.2 Å². The summed E-state index contributed by atoms with van der Waals surface area (Å²) in [4.78, 5) is 4.10. The Morgan fingerprint density at radius 3 is 2.94 bits per heavy atom. The minimum Gasteiger partial charge on any atom is -0.381 e. The normalized spacial score (nSPS) is 10.6. The summed E-state index contributed by atoms with van der Waals surface area (Å²) in [6, 6.07) is 2.00. The van der Waals surface area contributed by atoms with Gasteiger partial charge in [0, 0.05) is 16.9 Å². The summed E-state index contributed by atoms with van der Waals surface area (Å²) < 4.78 is 2.76. The fourth-order valence-corrected chi connectivity index (χ4v) is 1.96. The lowest BCUT2D eigenvalue weighted by Gasteiger charge is -2.04. The van der Waals surface area contributed by atoms with Crippen LogP contribution in [0.15, 0.2) is 22.9 Å². The molecule has 0 atom stereocenters. The van der Waals surface area contributed by atoms with Crippen molar-refractivity contribution in [1.29, 1.82) is 0 Å². The van der Waals surface area contributed by atoms with E-state index in [1.165, 1.54) is 0 Å². The highest BCUT2D eigenvalue weighted by Gasteiger charge is 2.08. The molecule has 0 saturated carbocycles. The molecule has 84 valence electrons. The number of rotatable bonds is 3. The summed E-state index contributed by atoms with van der Waals surface area (Å²) in [7, 11) is 0. The van der Waals surface area contributed by atoms with Crippen LogP contribution in [0.4, 0.5) is 5.82 Å². The summed E-state index contributed by atoms with van der Waals surface area (Å²) in [5.74, 6) is 0.505. The van der Waals surface area contributed by atoms with Crippen LogP contribution in [0.3, 0.4) is 0 Å². The predicted molar refractivity (Wildman–Crippen MR) is 64.9 cm³/mol. The summed E-state index contributed by atoms with van der Waals surface area (Å²) in [6.07, 6.45) is 4.38. The second kappa shape index (κ2) is 4.61. The third-order valence-corrected chi connectivity index (χ3v) is 2.73. The van der Waals surface area contributed by atoms with Gasteiger partial charge in [-0.05, 0) is 34.0 Å². The number of aromatic nitrogens is 4. The molecule has 0 unspecified atom stereocenters. The lowest BCUT2D eigenvalue weighted by atomic mass is 10.2. The molecule has 0 saturated heterocycles. The molecule has 0 aliphatic heterocycles. The molecule has 2 rings (SSSR count). The van der Waals surface area contributed by atoms with Crippen LogP contribution in [0.1, 0.15) is 18.2 Å². The molecule has 2 N–H and O–H groups in total. The molecule has 2 aromatic rings. The Bertz CT molecular complexity index is 494. The maximum atomic E-state index is 5.72. The molecular formula is C10H12BrN5. The van der Waals surface area contributed by atoms with Crippen molar-refractivity contribution in [2.24, 2.45) is 0 Å². The van der Waals surface area contributed by atoms with Crippen molar-refractivity contribution in [3.05, 3.63) is 34.2 Å². The average molecular weight is 282 g/mol. The number of hydrogen-bond acceptors (Lipinski definition) is 4. The van der Waals surface area contributed by atoms with Crippen molar-refractivity contribution < 1.29 is 0 Å². The van der Waals surface area contributed by atoms with Crippen LogP contribution in [-0.2, 0) is 13.0 Å². The number of hydrogen-bond donors (Lipinski definition) is 1. The second-order valence-electron chi connectivity index (χ2n) is 3.44. The largest absolute Gasteiger partial charge is 0.381 e. The molecule has 0 spiro atoms. The maximum Gasteiger partial charge on any atom is 0.169 e. The van der Waals surface area contributed by atoms with Crippen molar-refractivity contribution >= 4 is 21.7 Å². The Labute approximate surface area is 102 Å². The summed E-state index contributed by atoms with van der Waals surface area (Å²) in [5, 5.41) is 7.87. The Balaban J connectivity index is 2.27. The van der Waals surface area contributed by atoms with Crippen molar-refractivity contribution in [3.63, 3.8) is 0 Å². The first-order valence-corrected chi connectivity index (χ1v) is 5.77. The van der Waals surface area contributed by atoms with Crippen LogP contribution in [0.25, 0.3) is 0 Å². The van der Waals surface area contributed by atoms with Gasteiger partial charge in [-0.15, -0.1) is 5.10 Å². The van der Waals surface area contributed by atoms with E-state index < -0.39 is 0 Å². The number of nitrogens with zero attached hydrogens (tertiary/aromatic N) is 4. The van der Waals surface area contributed by atoms with Gasteiger partial charge >= 0.3 is 0 Å². The molecule has 16 heavy (non-hydrogen) atoms. The highest BCUT2D eigenvalue weighted by atomic mass is 79.9. The number of anilines is 1. The molecule has 0 fully saturated rings. The number of halogens is 1. The van der Waals surface area contributed by atoms with Crippen molar-refractivity contribution in [2.45, 2.75) is 19.9 Å². The predicted octanol–water partition coefficient (Wildman–Crippen LogP) is 1.63. The molecule has 0 bridgehead atoms.